The zero-order chi connectivity index (χ0) is 14.0. The molecule has 0 atom stereocenters. The molecule has 0 bridgehead atoms. The molecule has 0 aromatic heterocycles. The Morgan fingerprint density at radius 1 is 0.900 bits per heavy atom. The van der Waals surface area contributed by atoms with Crippen LogP contribution in [-0.2, 0) is 17.6 Å². The molecule has 0 aliphatic carbocycles. The lowest BCUT2D eigenvalue weighted by atomic mass is 10.1. The first kappa shape index (κ1) is 14.4. The topological polar surface area (TPSA) is 9.23 Å². The maximum absolute atomic E-state index is 5.74. The summed E-state index contributed by atoms with van der Waals surface area (Å²) < 4.78 is 5.74. The summed E-state index contributed by atoms with van der Waals surface area (Å²) in [7, 11) is 0. The van der Waals surface area contributed by atoms with Crippen LogP contribution >= 0.6 is 0 Å². The molecule has 0 saturated heterocycles. The Balaban J connectivity index is 1.92. The van der Waals surface area contributed by atoms with Crippen molar-refractivity contribution in [2.24, 2.45) is 0 Å². The average molecular weight is 266 g/mol. The number of aryl methyl sites for hydroxylation is 1. The van der Waals surface area contributed by atoms with Gasteiger partial charge >= 0.3 is 0 Å². The van der Waals surface area contributed by atoms with Crippen molar-refractivity contribution in [2.75, 3.05) is 6.61 Å². The molecule has 0 unspecified atom stereocenters. The lowest BCUT2D eigenvalue weighted by Gasteiger charge is -2.09. The van der Waals surface area contributed by atoms with Gasteiger partial charge < -0.3 is 4.74 Å². The fourth-order valence-corrected chi connectivity index (χ4v) is 2.21. The quantitative estimate of drug-likeness (QED) is 0.655. The van der Waals surface area contributed by atoms with Gasteiger partial charge in [0.15, 0.2) is 0 Å². The third-order valence-electron chi connectivity index (χ3n) is 3.20. The molecule has 104 valence electrons. The number of benzene rings is 2. The molecule has 2 aromatic carbocycles. The maximum atomic E-state index is 5.74. The first-order chi connectivity index (χ1) is 9.88. The molecular weight excluding hydrogens is 244 g/mol. The van der Waals surface area contributed by atoms with Crippen LogP contribution in [-0.4, -0.2) is 6.61 Å². The van der Waals surface area contributed by atoms with Crippen molar-refractivity contribution in [2.45, 2.75) is 26.2 Å². The van der Waals surface area contributed by atoms with Gasteiger partial charge in [-0.1, -0.05) is 60.7 Å². The van der Waals surface area contributed by atoms with Gasteiger partial charge in [0.25, 0.3) is 0 Å². The average Bonchev–Trinajstić information content (AvgIpc) is 2.49. The molecule has 2 rings (SSSR count). The molecule has 2 aromatic rings. The van der Waals surface area contributed by atoms with E-state index in [0.29, 0.717) is 0 Å². The van der Waals surface area contributed by atoms with Crippen LogP contribution in [0.4, 0.5) is 0 Å². The zero-order valence-electron chi connectivity index (χ0n) is 12.1. The van der Waals surface area contributed by atoms with E-state index in [1.165, 1.54) is 11.1 Å². The molecule has 0 amide bonds. The van der Waals surface area contributed by atoms with Crippen LogP contribution in [0.1, 0.15) is 24.5 Å². The minimum absolute atomic E-state index is 0.726. The summed E-state index contributed by atoms with van der Waals surface area (Å²) in [5.74, 6) is 1.08. The van der Waals surface area contributed by atoms with E-state index in [4.69, 9.17) is 4.74 Å². The largest absolute Gasteiger partial charge is 0.498 e. The summed E-state index contributed by atoms with van der Waals surface area (Å²) in [6.07, 6.45) is 5.19. The van der Waals surface area contributed by atoms with Crippen molar-refractivity contribution in [3.63, 3.8) is 0 Å². The summed E-state index contributed by atoms with van der Waals surface area (Å²) in [6.45, 7) is 2.76. The molecule has 0 heterocycles. The van der Waals surface area contributed by atoms with E-state index in [1.54, 1.807) is 0 Å². The lowest BCUT2D eigenvalue weighted by molar-refractivity contribution is 0.221. The SMILES string of the molecule is CCO/C(=C\CCc1ccccc1)Cc1ccccc1. The van der Waals surface area contributed by atoms with Gasteiger partial charge in [0.1, 0.15) is 0 Å². The number of hydrogen-bond acceptors (Lipinski definition) is 1. The number of rotatable bonds is 7. The highest BCUT2D eigenvalue weighted by molar-refractivity contribution is 5.20. The van der Waals surface area contributed by atoms with E-state index in [2.05, 4.69) is 60.7 Å². The summed E-state index contributed by atoms with van der Waals surface area (Å²) in [5.41, 5.74) is 2.67. The summed E-state index contributed by atoms with van der Waals surface area (Å²) >= 11 is 0. The van der Waals surface area contributed by atoms with Crippen LogP contribution in [0, 0.1) is 0 Å². The summed E-state index contributed by atoms with van der Waals surface area (Å²) in [5, 5.41) is 0. The Kier molecular flexibility index (Phi) is 5.91. The predicted octanol–water partition coefficient (Wildman–Crippen LogP) is 4.78. The van der Waals surface area contributed by atoms with E-state index in [0.717, 1.165) is 31.6 Å². The van der Waals surface area contributed by atoms with Crippen molar-refractivity contribution in [3.05, 3.63) is 83.6 Å². The highest BCUT2D eigenvalue weighted by Crippen LogP contribution is 2.12. The van der Waals surface area contributed by atoms with E-state index in [-0.39, 0.29) is 0 Å². The Hall–Kier alpha value is -2.02. The molecule has 0 saturated carbocycles. The maximum Gasteiger partial charge on any atom is 0.0963 e. The molecule has 0 fully saturated rings. The second kappa shape index (κ2) is 8.21. The Labute approximate surface area is 121 Å². The van der Waals surface area contributed by atoms with E-state index >= 15 is 0 Å². The predicted molar refractivity (Wildman–Crippen MR) is 84.6 cm³/mol. The summed E-state index contributed by atoms with van der Waals surface area (Å²) in [6, 6.07) is 21.1. The van der Waals surface area contributed by atoms with E-state index in [1.807, 2.05) is 13.0 Å². The normalized spacial score (nSPS) is 11.3. The fourth-order valence-electron chi connectivity index (χ4n) is 2.21. The Bertz CT molecular complexity index is 514. The molecule has 0 aliphatic heterocycles. The first-order valence-corrected chi connectivity index (χ1v) is 7.28. The Morgan fingerprint density at radius 3 is 2.10 bits per heavy atom. The van der Waals surface area contributed by atoms with Gasteiger partial charge in [-0.3, -0.25) is 0 Å². The van der Waals surface area contributed by atoms with Gasteiger partial charge in [0.05, 0.1) is 12.4 Å². The van der Waals surface area contributed by atoms with Gasteiger partial charge in [0.2, 0.25) is 0 Å². The smallest absolute Gasteiger partial charge is 0.0963 e. The second-order valence-electron chi connectivity index (χ2n) is 4.79. The molecule has 0 radical (unpaired) electrons. The number of hydrogen-bond donors (Lipinski definition) is 0. The van der Waals surface area contributed by atoms with Crippen molar-refractivity contribution in [1.29, 1.82) is 0 Å². The van der Waals surface area contributed by atoms with Crippen LogP contribution in [0.3, 0.4) is 0 Å². The fraction of sp³-hybridized carbons (Fsp3) is 0.263. The molecule has 0 aliphatic rings. The Morgan fingerprint density at radius 2 is 1.50 bits per heavy atom. The minimum atomic E-state index is 0.726. The molecular formula is C19H22O. The first-order valence-electron chi connectivity index (χ1n) is 7.28. The van der Waals surface area contributed by atoms with Crippen LogP contribution < -0.4 is 0 Å². The van der Waals surface area contributed by atoms with E-state index < -0.39 is 0 Å². The highest BCUT2D eigenvalue weighted by Gasteiger charge is 2.00. The minimum Gasteiger partial charge on any atom is -0.498 e. The molecule has 1 heteroatoms. The van der Waals surface area contributed by atoms with Gasteiger partial charge in [0, 0.05) is 6.42 Å². The van der Waals surface area contributed by atoms with Gasteiger partial charge in [-0.15, -0.1) is 0 Å². The van der Waals surface area contributed by atoms with Gasteiger partial charge in [-0.2, -0.15) is 0 Å². The summed E-state index contributed by atoms with van der Waals surface area (Å²) in [4.78, 5) is 0. The van der Waals surface area contributed by atoms with Crippen LogP contribution in [0.2, 0.25) is 0 Å². The second-order valence-corrected chi connectivity index (χ2v) is 4.79. The van der Waals surface area contributed by atoms with Gasteiger partial charge in [-0.25, -0.2) is 0 Å². The van der Waals surface area contributed by atoms with Crippen molar-refractivity contribution >= 4 is 0 Å². The third-order valence-corrected chi connectivity index (χ3v) is 3.20. The monoisotopic (exact) mass is 266 g/mol. The van der Waals surface area contributed by atoms with Crippen LogP contribution in [0.5, 0.6) is 0 Å². The standard InChI is InChI=1S/C19H22O/c1-2-20-19(16-18-12-7-4-8-13-18)15-9-14-17-10-5-3-6-11-17/h3-8,10-13,15H,2,9,14,16H2,1H3/b19-15-. The van der Waals surface area contributed by atoms with Crippen LogP contribution in [0.25, 0.3) is 0 Å². The molecule has 1 nitrogen and oxygen atoms in total. The van der Waals surface area contributed by atoms with Crippen molar-refractivity contribution in [1.82, 2.24) is 0 Å². The van der Waals surface area contributed by atoms with Crippen molar-refractivity contribution < 1.29 is 4.74 Å². The molecule has 0 spiro atoms. The van der Waals surface area contributed by atoms with Gasteiger partial charge in [-0.05, 0) is 37.0 Å². The number of allylic oxidation sites excluding steroid dienone is 2. The van der Waals surface area contributed by atoms with Crippen LogP contribution in [0.15, 0.2) is 72.5 Å². The number of ether oxygens (including phenoxy) is 1. The van der Waals surface area contributed by atoms with E-state index in [9.17, 15) is 0 Å². The highest BCUT2D eigenvalue weighted by atomic mass is 16.5. The zero-order valence-corrected chi connectivity index (χ0v) is 12.1. The van der Waals surface area contributed by atoms with Crippen molar-refractivity contribution in [3.8, 4) is 0 Å². The molecule has 20 heavy (non-hydrogen) atoms. The third kappa shape index (κ3) is 4.93. The lowest BCUT2D eigenvalue weighted by Crippen LogP contribution is -1.97. The molecule has 0 N–H and O–H groups in total.